The number of rotatable bonds is 4. The Hall–Kier alpha value is -3.75. The maximum Gasteiger partial charge on any atom is 0.239 e. The summed E-state index contributed by atoms with van der Waals surface area (Å²) >= 11 is 0. The Morgan fingerprint density at radius 2 is 1.59 bits per heavy atom. The van der Waals surface area contributed by atoms with E-state index >= 15 is 0 Å². The molecule has 2 aromatic carbocycles. The average molecular weight is 480 g/mol. The predicted molar refractivity (Wildman–Crippen MR) is 111 cm³/mol. The molecule has 0 saturated carbocycles. The molecule has 2 unspecified atom stereocenters. The van der Waals surface area contributed by atoms with Gasteiger partial charge in [0.15, 0.2) is 17.3 Å². The second kappa shape index (κ2) is 8.55. The standard InChI is InChI=1S/C21H20O13/c22-5-11-15(28)17(30)18(31)21(33-11)34-20-16(29)12-9(25)3-6(23)4-10(12)32-19(20)7-1-2-8(24)14(27)13(7)26/h1-4,11,15,17-18,21-28,30-31H,5H2/t11-,15-,17?,18?,21+/m1/s1. The highest BCUT2D eigenvalue weighted by Gasteiger charge is 2.45. The maximum absolute atomic E-state index is 13.3. The third kappa shape index (κ3) is 3.70. The predicted octanol–water partition coefficient (Wildman–Crippen LogP) is -0.833. The highest BCUT2D eigenvalue weighted by atomic mass is 16.7. The Kier molecular flexibility index (Phi) is 5.89. The summed E-state index contributed by atoms with van der Waals surface area (Å²) in [4.78, 5) is 13.3. The van der Waals surface area contributed by atoms with Crippen LogP contribution >= 0.6 is 0 Å². The zero-order valence-electron chi connectivity index (χ0n) is 17.1. The fourth-order valence-corrected chi connectivity index (χ4v) is 3.59. The Balaban J connectivity index is 1.95. The van der Waals surface area contributed by atoms with Gasteiger partial charge in [-0.2, -0.15) is 0 Å². The van der Waals surface area contributed by atoms with Gasteiger partial charge in [-0.15, -0.1) is 0 Å². The van der Waals surface area contributed by atoms with Crippen molar-refractivity contribution >= 4 is 11.0 Å². The zero-order valence-corrected chi connectivity index (χ0v) is 17.1. The molecule has 182 valence electrons. The van der Waals surface area contributed by atoms with Crippen LogP contribution in [0.4, 0.5) is 0 Å². The number of fused-ring (bicyclic) bond motifs is 1. The SMILES string of the molecule is O=c1c(O[C@@H]2O[C@H](CO)[C@@H](O)C(O)C2O)c(-c2ccc(O)c(O)c2O)oc2cc(O)cc(O)c12. The molecule has 13 nitrogen and oxygen atoms in total. The quantitative estimate of drug-likeness (QED) is 0.208. The first-order valence-electron chi connectivity index (χ1n) is 9.79. The summed E-state index contributed by atoms with van der Waals surface area (Å²) < 4.78 is 16.3. The first-order valence-corrected chi connectivity index (χ1v) is 9.79. The summed E-state index contributed by atoms with van der Waals surface area (Å²) in [6, 6.07) is 3.85. The van der Waals surface area contributed by atoms with Gasteiger partial charge in [0.1, 0.15) is 46.9 Å². The van der Waals surface area contributed by atoms with E-state index in [1.165, 1.54) is 0 Å². The molecule has 5 atom stereocenters. The van der Waals surface area contributed by atoms with Crippen molar-refractivity contribution in [3.63, 3.8) is 0 Å². The van der Waals surface area contributed by atoms with E-state index in [9.17, 15) is 50.8 Å². The Bertz CT molecular complexity index is 1300. The molecule has 0 amide bonds. The molecule has 0 spiro atoms. The van der Waals surface area contributed by atoms with E-state index in [1.807, 2.05) is 0 Å². The van der Waals surface area contributed by atoms with Crippen LogP contribution in [0.5, 0.6) is 34.5 Å². The number of phenols is 5. The van der Waals surface area contributed by atoms with Crippen LogP contribution in [0, 0.1) is 0 Å². The highest BCUT2D eigenvalue weighted by Crippen LogP contribution is 2.46. The van der Waals surface area contributed by atoms with Crippen molar-refractivity contribution in [2.24, 2.45) is 0 Å². The molecule has 34 heavy (non-hydrogen) atoms. The number of aromatic hydroxyl groups is 5. The second-order valence-electron chi connectivity index (χ2n) is 7.57. The Morgan fingerprint density at radius 1 is 0.882 bits per heavy atom. The lowest BCUT2D eigenvalue weighted by Crippen LogP contribution is -2.60. The van der Waals surface area contributed by atoms with E-state index in [1.54, 1.807) is 0 Å². The van der Waals surface area contributed by atoms with E-state index in [0.29, 0.717) is 0 Å². The summed E-state index contributed by atoms with van der Waals surface area (Å²) in [5.41, 5.74) is -1.81. The van der Waals surface area contributed by atoms with E-state index in [2.05, 4.69) is 0 Å². The summed E-state index contributed by atoms with van der Waals surface area (Å²) in [6.07, 6.45) is -8.70. The number of aliphatic hydroxyl groups is 4. The first kappa shape index (κ1) is 23.4. The van der Waals surface area contributed by atoms with Crippen molar-refractivity contribution in [2.75, 3.05) is 6.61 Å². The average Bonchev–Trinajstić information content (AvgIpc) is 2.79. The smallest absolute Gasteiger partial charge is 0.239 e. The molecule has 0 bridgehead atoms. The summed E-state index contributed by atoms with van der Waals surface area (Å²) in [7, 11) is 0. The van der Waals surface area contributed by atoms with Gasteiger partial charge in [0, 0.05) is 12.1 Å². The fraction of sp³-hybridized carbons (Fsp3) is 0.286. The van der Waals surface area contributed by atoms with Gasteiger partial charge in [0.25, 0.3) is 0 Å². The molecule has 0 aliphatic carbocycles. The summed E-state index contributed by atoms with van der Waals surface area (Å²) in [5, 5.41) is 89.0. The number of aliphatic hydroxyl groups excluding tert-OH is 4. The van der Waals surface area contributed by atoms with Gasteiger partial charge in [0.2, 0.25) is 23.2 Å². The summed E-state index contributed by atoms with van der Waals surface area (Å²) in [6.45, 7) is -0.781. The van der Waals surface area contributed by atoms with E-state index in [-0.39, 0.29) is 11.1 Å². The van der Waals surface area contributed by atoms with Gasteiger partial charge < -0.3 is 59.8 Å². The highest BCUT2D eigenvalue weighted by molar-refractivity contribution is 5.89. The number of phenolic OH excluding ortho intramolecular Hbond substituents is 5. The maximum atomic E-state index is 13.3. The van der Waals surface area contributed by atoms with Crippen LogP contribution in [0.15, 0.2) is 33.5 Å². The number of ether oxygens (including phenoxy) is 2. The third-order valence-corrected chi connectivity index (χ3v) is 5.37. The minimum absolute atomic E-state index is 0.356. The molecule has 2 heterocycles. The molecular formula is C21H20O13. The van der Waals surface area contributed by atoms with Gasteiger partial charge in [-0.05, 0) is 12.1 Å². The van der Waals surface area contributed by atoms with Crippen molar-refractivity contribution in [1.82, 2.24) is 0 Å². The topological polar surface area (TPSA) is 231 Å². The molecule has 9 N–H and O–H groups in total. The largest absolute Gasteiger partial charge is 0.508 e. The van der Waals surface area contributed by atoms with Crippen molar-refractivity contribution in [3.05, 3.63) is 34.5 Å². The number of benzene rings is 2. The van der Waals surface area contributed by atoms with Crippen molar-refractivity contribution in [2.45, 2.75) is 30.7 Å². The summed E-state index contributed by atoms with van der Waals surface area (Å²) in [5.74, 6) is -5.11. The normalized spacial score (nSPS) is 24.9. The van der Waals surface area contributed by atoms with E-state index in [0.717, 1.165) is 24.3 Å². The lowest BCUT2D eigenvalue weighted by Gasteiger charge is -2.39. The van der Waals surface area contributed by atoms with Crippen molar-refractivity contribution < 1.29 is 59.8 Å². The van der Waals surface area contributed by atoms with Gasteiger partial charge in [-0.1, -0.05) is 0 Å². The Morgan fingerprint density at radius 3 is 2.26 bits per heavy atom. The molecular weight excluding hydrogens is 460 g/mol. The molecule has 1 aliphatic rings. The van der Waals surface area contributed by atoms with Gasteiger partial charge >= 0.3 is 0 Å². The second-order valence-corrected chi connectivity index (χ2v) is 7.57. The van der Waals surface area contributed by atoms with Crippen molar-refractivity contribution in [1.29, 1.82) is 0 Å². The fourth-order valence-electron chi connectivity index (χ4n) is 3.59. The molecule has 0 radical (unpaired) electrons. The molecule has 1 saturated heterocycles. The van der Waals surface area contributed by atoms with Gasteiger partial charge in [0.05, 0.1) is 12.2 Å². The van der Waals surface area contributed by atoms with Crippen LogP contribution < -0.4 is 10.2 Å². The molecule has 1 aromatic heterocycles. The minimum atomic E-state index is -1.92. The Labute approximate surface area is 189 Å². The van der Waals surface area contributed by atoms with Crippen LogP contribution in [-0.2, 0) is 4.74 Å². The van der Waals surface area contributed by atoms with Gasteiger partial charge in [-0.3, -0.25) is 4.79 Å². The minimum Gasteiger partial charge on any atom is -0.508 e. The first-order chi connectivity index (χ1) is 16.0. The van der Waals surface area contributed by atoms with Crippen LogP contribution in [0.2, 0.25) is 0 Å². The monoisotopic (exact) mass is 480 g/mol. The molecule has 4 rings (SSSR count). The third-order valence-electron chi connectivity index (χ3n) is 5.37. The van der Waals surface area contributed by atoms with Crippen LogP contribution in [0.25, 0.3) is 22.3 Å². The number of hydrogen-bond donors (Lipinski definition) is 9. The molecule has 3 aromatic rings. The van der Waals surface area contributed by atoms with E-state index in [4.69, 9.17) is 13.9 Å². The van der Waals surface area contributed by atoms with Crippen LogP contribution in [0.1, 0.15) is 0 Å². The molecule has 1 fully saturated rings. The van der Waals surface area contributed by atoms with Crippen molar-refractivity contribution in [3.8, 4) is 45.8 Å². The van der Waals surface area contributed by atoms with Crippen LogP contribution in [-0.4, -0.2) is 83.3 Å². The zero-order chi connectivity index (χ0) is 24.9. The lowest BCUT2D eigenvalue weighted by molar-refractivity contribution is -0.277. The lowest BCUT2D eigenvalue weighted by atomic mass is 9.99. The number of hydrogen-bond acceptors (Lipinski definition) is 13. The van der Waals surface area contributed by atoms with Crippen LogP contribution in [0.3, 0.4) is 0 Å². The molecule has 1 aliphatic heterocycles. The van der Waals surface area contributed by atoms with E-state index < -0.39 is 88.4 Å². The van der Waals surface area contributed by atoms with Gasteiger partial charge in [-0.25, -0.2) is 0 Å². The molecule has 13 heteroatoms.